The number of imidazole rings is 1. The fourth-order valence-corrected chi connectivity index (χ4v) is 3.93. The monoisotopic (exact) mass is 479 g/mol. The first-order chi connectivity index (χ1) is 15.5. The summed E-state index contributed by atoms with van der Waals surface area (Å²) in [5, 5.41) is 23.9. The number of aromatic nitrogens is 4. The van der Waals surface area contributed by atoms with Crippen molar-refractivity contribution in [2.24, 2.45) is 5.41 Å². The number of rotatable bonds is 7. The molecule has 4 unspecified atom stereocenters. The SMILES string of the molecule is CC1(C)C=CC=C(CNc2ncnc3c2ncn3C2OC(COP(=O)(O)O)C(O)C2O)C=C1. The molecule has 0 amide bonds. The van der Waals surface area contributed by atoms with Crippen molar-refractivity contribution < 1.29 is 33.8 Å². The molecule has 1 saturated heterocycles. The number of phosphoric acid groups is 1. The number of nitrogens with zero attached hydrogens (tertiary/aromatic N) is 4. The van der Waals surface area contributed by atoms with Crippen LogP contribution in [-0.2, 0) is 13.8 Å². The molecule has 0 radical (unpaired) electrons. The van der Waals surface area contributed by atoms with Crippen molar-refractivity contribution in [3.8, 4) is 0 Å². The van der Waals surface area contributed by atoms with Crippen LogP contribution in [0.5, 0.6) is 0 Å². The van der Waals surface area contributed by atoms with E-state index in [-0.39, 0.29) is 5.41 Å². The molecule has 12 nitrogen and oxygen atoms in total. The van der Waals surface area contributed by atoms with Crippen LogP contribution in [0.1, 0.15) is 20.1 Å². The third-order valence-electron chi connectivity index (χ3n) is 5.40. The van der Waals surface area contributed by atoms with Gasteiger partial charge in [-0.15, -0.1) is 0 Å². The maximum Gasteiger partial charge on any atom is 0.469 e. The van der Waals surface area contributed by atoms with Gasteiger partial charge in [-0.2, -0.15) is 0 Å². The number of hydrogen-bond acceptors (Lipinski definition) is 9. The van der Waals surface area contributed by atoms with E-state index >= 15 is 0 Å². The molecule has 1 fully saturated rings. The number of anilines is 1. The summed E-state index contributed by atoms with van der Waals surface area (Å²) in [5.41, 5.74) is 1.81. The van der Waals surface area contributed by atoms with Gasteiger partial charge in [0.05, 0.1) is 12.9 Å². The Kier molecular flexibility index (Phi) is 6.52. The number of allylic oxidation sites excluding steroid dienone is 4. The minimum absolute atomic E-state index is 0.0277. The number of phosphoric ester groups is 1. The van der Waals surface area contributed by atoms with E-state index in [9.17, 15) is 14.8 Å². The van der Waals surface area contributed by atoms with Crippen molar-refractivity contribution in [2.75, 3.05) is 18.5 Å². The van der Waals surface area contributed by atoms with Gasteiger partial charge in [0.25, 0.3) is 0 Å². The van der Waals surface area contributed by atoms with Crippen LogP contribution in [0.2, 0.25) is 0 Å². The van der Waals surface area contributed by atoms with Crippen molar-refractivity contribution >= 4 is 24.8 Å². The molecule has 2 aromatic rings. The zero-order chi connectivity index (χ0) is 23.8. The van der Waals surface area contributed by atoms with E-state index in [0.29, 0.717) is 23.5 Å². The summed E-state index contributed by atoms with van der Waals surface area (Å²) in [7, 11) is -4.75. The second-order valence-electron chi connectivity index (χ2n) is 8.49. The second kappa shape index (κ2) is 9.07. The van der Waals surface area contributed by atoms with Gasteiger partial charge in [0.2, 0.25) is 0 Å². The van der Waals surface area contributed by atoms with E-state index in [2.05, 4.69) is 50.8 Å². The Morgan fingerprint density at radius 1 is 1.21 bits per heavy atom. The first kappa shape index (κ1) is 23.7. The Balaban J connectivity index is 1.51. The lowest BCUT2D eigenvalue weighted by molar-refractivity contribution is -0.0504. The van der Waals surface area contributed by atoms with Crippen LogP contribution in [-0.4, -0.2) is 71.0 Å². The smallest absolute Gasteiger partial charge is 0.387 e. The molecular formula is C20H26N5O7P. The summed E-state index contributed by atoms with van der Waals surface area (Å²) in [6, 6.07) is 0. The Morgan fingerprint density at radius 2 is 2.00 bits per heavy atom. The molecule has 0 aromatic carbocycles. The van der Waals surface area contributed by atoms with Crippen LogP contribution < -0.4 is 5.32 Å². The van der Waals surface area contributed by atoms with E-state index in [1.54, 1.807) is 0 Å². The van der Waals surface area contributed by atoms with Crippen LogP contribution in [0.25, 0.3) is 11.2 Å². The standard InChI is InChI=1S/C20H26N5O7P/c1-20(2)6-3-4-12(5-7-20)8-21-17-14-18(23-10-22-17)25(11-24-14)19-16(27)15(26)13(32-19)9-31-33(28,29)30/h3-7,10-11,13,15-16,19,26-27H,8-9H2,1-2H3,(H,21,22,23)(H2,28,29,30). The van der Waals surface area contributed by atoms with Gasteiger partial charge in [0.1, 0.15) is 24.6 Å². The van der Waals surface area contributed by atoms with E-state index in [1.165, 1.54) is 17.2 Å². The highest BCUT2D eigenvalue weighted by Gasteiger charge is 2.45. The van der Waals surface area contributed by atoms with Crippen molar-refractivity contribution in [1.82, 2.24) is 19.5 Å². The molecule has 1 aliphatic heterocycles. The summed E-state index contributed by atoms with van der Waals surface area (Å²) < 4.78 is 22.4. The third-order valence-corrected chi connectivity index (χ3v) is 5.89. The average Bonchev–Trinajstić information content (AvgIpc) is 3.23. The minimum atomic E-state index is -4.75. The van der Waals surface area contributed by atoms with Gasteiger partial charge in [0.15, 0.2) is 23.2 Å². The molecule has 5 N–H and O–H groups in total. The molecule has 2 aliphatic rings. The third kappa shape index (κ3) is 5.39. The molecule has 0 spiro atoms. The van der Waals surface area contributed by atoms with Crippen molar-refractivity contribution in [3.63, 3.8) is 0 Å². The van der Waals surface area contributed by atoms with Crippen molar-refractivity contribution in [3.05, 3.63) is 48.6 Å². The van der Waals surface area contributed by atoms with E-state index < -0.39 is 39.0 Å². The number of hydrogen-bond donors (Lipinski definition) is 5. The highest BCUT2D eigenvalue weighted by Crippen LogP contribution is 2.39. The van der Waals surface area contributed by atoms with Crippen LogP contribution in [0, 0.1) is 5.41 Å². The fraction of sp³-hybridized carbons (Fsp3) is 0.450. The Morgan fingerprint density at radius 3 is 2.76 bits per heavy atom. The van der Waals surface area contributed by atoms with Gasteiger partial charge < -0.3 is 30.1 Å². The number of ether oxygens (including phenoxy) is 1. The number of fused-ring (bicyclic) bond motifs is 1. The van der Waals surface area contributed by atoms with Gasteiger partial charge >= 0.3 is 7.82 Å². The Labute approximate surface area is 189 Å². The summed E-state index contributed by atoms with van der Waals surface area (Å²) in [4.78, 5) is 30.6. The summed E-state index contributed by atoms with van der Waals surface area (Å²) in [5.74, 6) is 0.481. The van der Waals surface area contributed by atoms with Crippen molar-refractivity contribution in [2.45, 2.75) is 38.4 Å². The largest absolute Gasteiger partial charge is 0.469 e. The summed E-state index contributed by atoms with van der Waals surface area (Å²) in [6.45, 7) is 4.13. The number of aliphatic hydroxyl groups excluding tert-OH is 2. The van der Waals surface area contributed by atoms with Gasteiger partial charge in [0, 0.05) is 12.0 Å². The molecule has 2 aromatic heterocycles. The molecule has 1 aliphatic carbocycles. The van der Waals surface area contributed by atoms with Gasteiger partial charge in [-0.1, -0.05) is 44.2 Å². The van der Waals surface area contributed by atoms with Crippen LogP contribution in [0.15, 0.2) is 48.6 Å². The van der Waals surface area contributed by atoms with E-state index in [1.807, 2.05) is 18.2 Å². The molecule has 178 valence electrons. The normalized spacial score (nSPS) is 27.0. The first-order valence-corrected chi connectivity index (χ1v) is 11.8. The lowest BCUT2D eigenvalue weighted by Crippen LogP contribution is -2.33. The van der Waals surface area contributed by atoms with Gasteiger partial charge in [-0.3, -0.25) is 9.09 Å². The summed E-state index contributed by atoms with van der Waals surface area (Å²) >= 11 is 0. The average molecular weight is 479 g/mol. The first-order valence-electron chi connectivity index (χ1n) is 10.2. The molecule has 13 heteroatoms. The van der Waals surface area contributed by atoms with E-state index in [4.69, 9.17) is 14.5 Å². The minimum Gasteiger partial charge on any atom is -0.387 e. The fourth-order valence-electron chi connectivity index (χ4n) is 3.59. The molecule has 4 atom stereocenters. The summed E-state index contributed by atoms with van der Waals surface area (Å²) in [6.07, 6.45) is 7.98. The van der Waals surface area contributed by atoms with Gasteiger partial charge in [-0.25, -0.2) is 19.5 Å². The Hall–Kier alpha value is -2.44. The lowest BCUT2D eigenvalue weighted by atomic mass is 9.93. The highest BCUT2D eigenvalue weighted by molar-refractivity contribution is 7.46. The molecular weight excluding hydrogens is 453 g/mol. The zero-order valence-electron chi connectivity index (χ0n) is 18.0. The van der Waals surface area contributed by atoms with Gasteiger partial charge in [-0.05, 0) is 5.57 Å². The quantitative estimate of drug-likeness (QED) is 0.359. The lowest BCUT2D eigenvalue weighted by Gasteiger charge is -2.16. The molecule has 0 bridgehead atoms. The zero-order valence-corrected chi connectivity index (χ0v) is 18.9. The molecule has 33 heavy (non-hydrogen) atoms. The number of aliphatic hydroxyl groups is 2. The van der Waals surface area contributed by atoms with Crippen LogP contribution >= 0.6 is 7.82 Å². The second-order valence-corrected chi connectivity index (χ2v) is 9.73. The van der Waals surface area contributed by atoms with E-state index in [0.717, 1.165) is 5.57 Å². The van der Waals surface area contributed by atoms with Crippen LogP contribution in [0.3, 0.4) is 0 Å². The van der Waals surface area contributed by atoms with Crippen LogP contribution in [0.4, 0.5) is 5.82 Å². The highest BCUT2D eigenvalue weighted by atomic mass is 31.2. The maximum atomic E-state index is 10.9. The van der Waals surface area contributed by atoms with Crippen molar-refractivity contribution in [1.29, 1.82) is 0 Å². The maximum absolute atomic E-state index is 10.9. The molecule has 0 saturated carbocycles. The molecule has 4 rings (SSSR count). The Bertz CT molecular complexity index is 1150. The molecule has 3 heterocycles. The predicted molar refractivity (Wildman–Crippen MR) is 118 cm³/mol. The topological polar surface area (TPSA) is 172 Å². The predicted octanol–water partition coefficient (Wildman–Crippen LogP) is 1.05. The number of nitrogens with one attached hydrogen (secondary N) is 1.